The summed E-state index contributed by atoms with van der Waals surface area (Å²) >= 11 is 5.93. The molecule has 0 unspecified atom stereocenters. The van der Waals surface area contributed by atoms with Crippen LogP contribution in [0.5, 0.6) is 5.75 Å². The van der Waals surface area contributed by atoms with Crippen molar-refractivity contribution in [2.45, 2.75) is 19.5 Å². The molecule has 1 aromatic rings. The monoisotopic (exact) mass is 256 g/mol. The number of carbonyl (C=O) groups excluding carboxylic acids is 1. The van der Waals surface area contributed by atoms with E-state index >= 15 is 0 Å². The van der Waals surface area contributed by atoms with Crippen LogP contribution < -0.4 is 10.5 Å². The number of primary amides is 1. The lowest BCUT2D eigenvalue weighted by Gasteiger charge is -2.23. The van der Waals surface area contributed by atoms with Gasteiger partial charge in [0.15, 0.2) is 0 Å². The van der Waals surface area contributed by atoms with Gasteiger partial charge in [-0.1, -0.05) is 11.6 Å². The van der Waals surface area contributed by atoms with Gasteiger partial charge >= 0.3 is 0 Å². The molecule has 0 bridgehead atoms. The van der Waals surface area contributed by atoms with Crippen molar-refractivity contribution in [3.05, 3.63) is 28.8 Å². The first-order valence-electron chi connectivity index (χ1n) is 5.27. The molecule has 94 valence electrons. The number of nitrogens with zero attached hydrogens (tertiary/aromatic N) is 1. The first-order chi connectivity index (χ1) is 7.95. The second-order valence-corrected chi connectivity index (χ2v) is 4.39. The third-order valence-electron chi connectivity index (χ3n) is 2.74. The van der Waals surface area contributed by atoms with Gasteiger partial charge in [-0.3, -0.25) is 9.69 Å². The Morgan fingerprint density at radius 2 is 2.24 bits per heavy atom. The van der Waals surface area contributed by atoms with Crippen molar-refractivity contribution in [3.63, 3.8) is 0 Å². The van der Waals surface area contributed by atoms with Gasteiger partial charge < -0.3 is 10.5 Å². The number of hydrogen-bond donors (Lipinski definition) is 1. The van der Waals surface area contributed by atoms with Crippen LogP contribution in [0.25, 0.3) is 0 Å². The van der Waals surface area contributed by atoms with Crippen molar-refractivity contribution >= 4 is 17.5 Å². The number of rotatable bonds is 5. The van der Waals surface area contributed by atoms with E-state index in [1.165, 1.54) is 0 Å². The van der Waals surface area contributed by atoms with Crippen molar-refractivity contribution in [1.29, 1.82) is 0 Å². The van der Waals surface area contributed by atoms with E-state index in [4.69, 9.17) is 22.1 Å². The topological polar surface area (TPSA) is 55.6 Å². The molecular weight excluding hydrogens is 240 g/mol. The molecule has 0 spiro atoms. The smallest absolute Gasteiger partial charge is 0.234 e. The Kier molecular flexibility index (Phi) is 4.78. The predicted octanol–water partition coefficient (Wildman–Crippen LogP) is 1.65. The Labute approximate surface area is 106 Å². The molecule has 0 aliphatic carbocycles. The highest BCUT2D eigenvalue weighted by Crippen LogP contribution is 2.24. The van der Waals surface area contributed by atoms with Gasteiger partial charge in [-0.15, -0.1) is 0 Å². The average molecular weight is 257 g/mol. The third-order valence-corrected chi connectivity index (χ3v) is 2.97. The van der Waals surface area contributed by atoms with E-state index in [0.717, 1.165) is 11.3 Å². The summed E-state index contributed by atoms with van der Waals surface area (Å²) in [6, 6.07) is 5.06. The number of methoxy groups -OCH3 is 1. The lowest BCUT2D eigenvalue weighted by molar-refractivity contribution is -0.122. The molecule has 0 aliphatic heterocycles. The fraction of sp³-hybridized carbons (Fsp3) is 0.417. The van der Waals surface area contributed by atoms with Gasteiger partial charge in [-0.2, -0.15) is 0 Å². The van der Waals surface area contributed by atoms with E-state index in [-0.39, 0.29) is 11.9 Å². The van der Waals surface area contributed by atoms with Crippen LogP contribution in [0, 0.1) is 0 Å². The quantitative estimate of drug-likeness (QED) is 0.872. The van der Waals surface area contributed by atoms with Crippen LogP contribution in [0.1, 0.15) is 12.5 Å². The SMILES string of the molecule is COc1ccc(Cl)cc1CN(C)[C@@H](C)C(N)=O. The highest BCUT2D eigenvalue weighted by atomic mass is 35.5. The molecule has 0 fully saturated rings. The molecule has 0 heterocycles. The molecule has 0 saturated carbocycles. The zero-order valence-corrected chi connectivity index (χ0v) is 11.0. The highest BCUT2D eigenvalue weighted by Gasteiger charge is 2.16. The number of nitrogens with two attached hydrogens (primary N) is 1. The maximum absolute atomic E-state index is 11.1. The summed E-state index contributed by atoms with van der Waals surface area (Å²) in [5, 5.41) is 0.640. The molecule has 17 heavy (non-hydrogen) atoms. The summed E-state index contributed by atoms with van der Waals surface area (Å²) < 4.78 is 5.24. The maximum atomic E-state index is 11.1. The normalized spacial score (nSPS) is 12.5. The summed E-state index contributed by atoms with van der Waals surface area (Å²) in [4.78, 5) is 12.9. The van der Waals surface area contributed by atoms with Gasteiger partial charge in [0.2, 0.25) is 5.91 Å². The Balaban J connectivity index is 2.86. The number of halogens is 1. The minimum Gasteiger partial charge on any atom is -0.496 e. The van der Waals surface area contributed by atoms with Crippen molar-refractivity contribution < 1.29 is 9.53 Å². The van der Waals surface area contributed by atoms with Gasteiger partial charge in [0.05, 0.1) is 13.2 Å². The number of amides is 1. The van der Waals surface area contributed by atoms with Crippen molar-refractivity contribution in [2.75, 3.05) is 14.2 Å². The molecule has 5 heteroatoms. The summed E-state index contributed by atoms with van der Waals surface area (Å²) in [5.74, 6) is 0.395. The van der Waals surface area contributed by atoms with Crippen LogP contribution >= 0.6 is 11.6 Å². The summed E-state index contributed by atoms with van der Waals surface area (Å²) in [6.45, 7) is 2.31. The van der Waals surface area contributed by atoms with Crippen LogP contribution in [0.15, 0.2) is 18.2 Å². The minimum atomic E-state index is -0.353. The number of ether oxygens (including phenoxy) is 1. The van der Waals surface area contributed by atoms with E-state index in [1.54, 1.807) is 26.2 Å². The second-order valence-electron chi connectivity index (χ2n) is 3.95. The molecule has 1 amide bonds. The fourth-order valence-corrected chi connectivity index (χ4v) is 1.69. The Hall–Kier alpha value is -1.26. The standard InChI is InChI=1S/C12H17ClN2O2/c1-8(12(14)16)15(2)7-9-6-10(13)4-5-11(9)17-3/h4-6,8H,7H2,1-3H3,(H2,14,16)/t8-/m0/s1. The van der Waals surface area contributed by atoms with E-state index < -0.39 is 0 Å². The van der Waals surface area contributed by atoms with Crippen LogP contribution in [0.4, 0.5) is 0 Å². The molecule has 0 aromatic heterocycles. The Bertz CT molecular complexity index is 409. The first-order valence-corrected chi connectivity index (χ1v) is 5.65. The largest absolute Gasteiger partial charge is 0.496 e. The lowest BCUT2D eigenvalue weighted by Crippen LogP contribution is -2.39. The predicted molar refractivity (Wildman–Crippen MR) is 68.1 cm³/mol. The second kappa shape index (κ2) is 5.89. The van der Waals surface area contributed by atoms with E-state index in [1.807, 2.05) is 18.0 Å². The van der Waals surface area contributed by atoms with Gasteiger partial charge in [0.25, 0.3) is 0 Å². The van der Waals surface area contributed by atoms with Gasteiger partial charge in [0.1, 0.15) is 5.75 Å². The van der Waals surface area contributed by atoms with Gasteiger partial charge in [-0.05, 0) is 32.2 Å². The van der Waals surface area contributed by atoms with E-state index in [0.29, 0.717) is 11.6 Å². The first kappa shape index (κ1) is 13.8. The summed E-state index contributed by atoms with van der Waals surface area (Å²) in [5.41, 5.74) is 6.18. The van der Waals surface area contributed by atoms with Gasteiger partial charge in [0, 0.05) is 17.1 Å². The number of carbonyl (C=O) groups is 1. The van der Waals surface area contributed by atoms with E-state index in [2.05, 4.69) is 0 Å². The van der Waals surface area contributed by atoms with Crippen molar-refractivity contribution in [2.24, 2.45) is 5.73 Å². The van der Waals surface area contributed by atoms with Crippen LogP contribution in [-0.4, -0.2) is 31.0 Å². The molecule has 0 saturated heterocycles. The van der Waals surface area contributed by atoms with Crippen LogP contribution in [-0.2, 0) is 11.3 Å². The maximum Gasteiger partial charge on any atom is 0.234 e. The third kappa shape index (κ3) is 3.61. The zero-order chi connectivity index (χ0) is 13.0. The molecule has 1 rings (SSSR count). The van der Waals surface area contributed by atoms with E-state index in [9.17, 15) is 4.79 Å². The molecule has 0 radical (unpaired) electrons. The summed E-state index contributed by atoms with van der Waals surface area (Å²) in [6.07, 6.45) is 0. The average Bonchev–Trinajstić information content (AvgIpc) is 2.28. The molecular formula is C12H17ClN2O2. The number of hydrogen-bond acceptors (Lipinski definition) is 3. The fourth-order valence-electron chi connectivity index (χ4n) is 1.49. The Morgan fingerprint density at radius 3 is 2.76 bits per heavy atom. The Morgan fingerprint density at radius 1 is 1.59 bits per heavy atom. The zero-order valence-electron chi connectivity index (χ0n) is 10.2. The van der Waals surface area contributed by atoms with Crippen molar-refractivity contribution in [3.8, 4) is 5.75 Å². The molecule has 1 atom stereocenters. The lowest BCUT2D eigenvalue weighted by atomic mass is 10.1. The van der Waals surface area contributed by atoms with Gasteiger partial charge in [-0.25, -0.2) is 0 Å². The number of likely N-dealkylation sites (N-methyl/N-ethyl adjacent to an activating group) is 1. The molecule has 0 aliphatic rings. The molecule has 2 N–H and O–H groups in total. The molecule has 1 aromatic carbocycles. The highest BCUT2D eigenvalue weighted by molar-refractivity contribution is 6.30. The van der Waals surface area contributed by atoms with Crippen LogP contribution in [0.3, 0.4) is 0 Å². The van der Waals surface area contributed by atoms with Crippen LogP contribution in [0.2, 0.25) is 5.02 Å². The minimum absolute atomic E-state index is 0.335. The molecule has 4 nitrogen and oxygen atoms in total. The number of benzene rings is 1. The van der Waals surface area contributed by atoms with Crippen molar-refractivity contribution in [1.82, 2.24) is 4.90 Å². The summed E-state index contributed by atoms with van der Waals surface area (Å²) in [7, 11) is 3.43.